The average Bonchev–Trinajstić information content (AvgIpc) is 2.60. The minimum atomic E-state index is -0.0873. The van der Waals surface area contributed by atoms with Crippen LogP contribution >= 0.6 is 0 Å². The van der Waals surface area contributed by atoms with Gasteiger partial charge in [0.2, 0.25) is 0 Å². The topological polar surface area (TPSA) is 49.7 Å². The Bertz CT molecular complexity index is 362. The molecule has 4 aliphatic carbocycles. The Kier molecular flexibility index (Phi) is 4.99. The minimum Gasteiger partial charge on any atom is -0.393 e. The summed E-state index contributed by atoms with van der Waals surface area (Å²) in [6, 6.07) is 0. The van der Waals surface area contributed by atoms with Crippen molar-refractivity contribution < 1.29 is 14.9 Å². The highest BCUT2D eigenvalue weighted by atomic mass is 16.5. The molecule has 0 aromatic carbocycles. The summed E-state index contributed by atoms with van der Waals surface area (Å²) in [6.07, 6.45) is 14.6. The molecule has 2 N–H and O–H groups in total. The van der Waals surface area contributed by atoms with Crippen molar-refractivity contribution in [2.75, 3.05) is 0 Å². The van der Waals surface area contributed by atoms with Gasteiger partial charge in [0.05, 0.1) is 24.4 Å². The average molecular weight is 322 g/mol. The molecule has 4 aliphatic rings. The van der Waals surface area contributed by atoms with Gasteiger partial charge >= 0.3 is 0 Å². The third kappa shape index (κ3) is 3.21. The molecule has 4 rings (SSSR count). The van der Waals surface area contributed by atoms with E-state index in [1.165, 1.54) is 51.4 Å². The number of ether oxygens (including phenoxy) is 1. The maximum Gasteiger partial charge on any atom is 0.0611 e. The fourth-order valence-electron chi connectivity index (χ4n) is 6.34. The second kappa shape index (κ2) is 7.01. The van der Waals surface area contributed by atoms with Gasteiger partial charge in [0.25, 0.3) is 0 Å². The van der Waals surface area contributed by atoms with Crippen molar-refractivity contribution in [1.82, 2.24) is 0 Å². The Balaban J connectivity index is 1.44. The Hall–Kier alpha value is -0.120. The summed E-state index contributed by atoms with van der Waals surface area (Å²) in [5, 5.41) is 20.7. The van der Waals surface area contributed by atoms with Crippen LogP contribution in [-0.4, -0.2) is 34.6 Å². The van der Waals surface area contributed by atoms with Crippen molar-refractivity contribution in [3.8, 4) is 0 Å². The molecular weight excluding hydrogens is 288 g/mol. The van der Waals surface area contributed by atoms with E-state index >= 15 is 0 Å². The Labute approximate surface area is 140 Å². The molecule has 0 spiro atoms. The first-order valence-electron chi connectivity index (χ1n) is 10.3. The molecule has 4 saturated carbocycles. The molecule has 4 fully saturated rings. The zero-order valence-electron chi connectivity index (χ0n) is 14.4. The second-order valence-corrected chi connectivity index (χ2v) is 8.73. The summed E-state index contributed by atoms with van der Waals surface area (Å²) in [4.78, 5) is 0. The predicted molar refractivity (Wildman–Crippen MR) is 90.0 cm³/mol. The van der Waals surface area contributed by atoms with Crippen molar-refractivity contribution in [2.45, 2.75) is 101 Å². The van der Waals surface area contributed by atoms with Crippen LogP contribution in [0.5, 0.6) is 0 Å². The van der Waals surface area contributed by atoms with Gasteiger partial charge in [-0.2, -0.15) is 0 Å². The molecule has 23 heavy (non-hydrogen) atoms. The van der Waals surface area contributed by atoms with Crippen molar-refractivity contribution in [1.29, 1.82) is 0 Å². The molecule has 0 saturated heterocycles. The standard InChI is InChI=1S/C20H34O3/c21-17-9-11-19(15-7-3-1-5-13(15)17)23-20-12-10-18(22)14-6-2-4-8-16(14)20/h13-22H,1-12H2. The number of aliphatic hydroxyl groups is 2. The van der Waals surface area contributed by atoms with Crippen LogP contribution in [-0.2, 0) is 4.74 Å². The largest absolute Gasteiger partial charge is 0.393 e. The summed E-state index contributed by atoms with van der Waals surface area (Å²) in [6.45, 7) is 0. The fourth-order valence-corrected chi connectivity index (χ4v) is 6.34. The van der Waals surface area contributed by atoms with Crippen molar-refractivity contribution in [3.05, 3.63) is 0 Å². The van der Waals surface area contributed by atoms with Crippen LogP contribution in [0.4, 0.5) is 0 Å². The maximum atomic E-state index is 10.4. The van der Waals surface area contributed by atoms with E-state index in [0.29, 0.717) is 35.9 Å². The van der Waals surface area contributed by atoms with E-state index in [9.17, 15) is 10.2 Å². The molecule has 0 bridgehead atoms. The number of fused-ring (bicyclic) bond motifs is 2. The van der Waals surface area contributed by atoms with Crippen molar-refractivity contribution >= 4 is 0 Å². The molecule has 0 aromatic heterocycles. The van der Waals surface area contributed by atoms with Crippen LogP contribution in [0.2, 0.25) is 0 Å². The lowest BCUT2D eigenvalue weighted by atomic mass is 9.66. The van der Waals surface area contributed by atoms with E-state index < -0.39 is 0 Å². The van der Waals surface area contributed by atoms with Gasteiger partial charge < -0.3 is 14.9 Å². The zero-order chi connectivity index (χ0) is 15.8. The van der Waals surface area contributed by atoms with Gasteiger partial charge in [0.1, 0.15) is 0 Å². The third-order valence-electron chi connectivity index (χ3n) is 7.54. The van der Waals surface area contributed by atoms with Crippen molar-refractivity contribution in [3.63, 3.8) is 0 Å². The van der Waals surface area contributed by atoms with E-state index in [-0.39, 0.29) is 12.2 Å². The number of hydrogen-bond acceptors (Lipinski definition) is 3. The minimum absolute atomic E-state index is 0.0873. The van der Waals surface area contributed by atoms with Gasteiger partial charge in [-0.05, 0) is 75.0 Å². The smallest absolute Gasteiger partial charge is 0.0611 e. The molecule has 3 heteroatoms. The van der Waals surface area contributed by atoms with Crippen molar-refractivity contribution in [2.24, 2.45) is 23.7 Å². The summed E-state index contributed by atoms with van der Waals surface area (Å²) in [5.74, 6) is 2.14. The lowest BCUT2D eigenvalue weighted by molar-refractivity contribution is -0.162. The van der Waals surface area contributed by atoms with Gasteiger partial charge in [0, 0.05) is 0 Å². The van der Waals surface area contributed by atoms with Crippen LogP contribution in [0, 0.1) is 23.7 Å². The van der Waals surface area contributed by atoms with Crippen LogP contribution < -0.4 is 0 Å². The Morgan fingerprint density at radius 2 is 0.870 bits per heavy atom. The van der Waals surface area contributed by atoms with Gasteiger partial charge in [-0.25, -0.2) is 0 Å². The molecule has 0 aliphatic heterocycles. The fraction of sp³-hybridized carbons (Fsp3) is 1.00. The highest BCUT2D eigenvalue weighted by Crippen LogP contribution is 2.46. The lowest BCUT2D eigenvalue weighted by Gasteiger charge is -2.49. The monoisotopic (exact) mass is 322 g/mol. The number of hydrogen-bond donors (Lipinski definition) is 2. The molecule has 8 atom stereocenters. The maximum absolute atomic E-state index is 10.4. The number of rotatable bonds is 2. The molecule has 0 amide bonds. The quantitative estimate of drug-likeness (QED) is 0.815. The summed E-state index contributed by atoms with van der Waals surface area (Å²) in [7, 11) is 0. The Morgan fingerprint density at radius 3 is 1.30 bits per heavy atom. The van der Waals surface area contributed by atoms with Gasteiger partial charge in [0.15, 0.2) is 0 Å². The van der Waals surface area contributed by atoms with E-state index in [0.717, 1.165) is 25.7 Å². The zero-order valence-corrected chi connectivity index (χ0v) is 14.4. The SMILES string of the molecule is OC1CCC(OC2CCC(O)C3CCCCC23)C2CCCCC12. The molecule has 0 aromatic rings. The second-order valence-electron chi connectivity index (χ2n) is 8.73. The Morgan fingerprint density at radius 1 is 0.478 bits per heavy atom. The lowest BCUT2D eigenvalue weighted by Crippen LogP contribution is -2.49. The van der Waals surface area contributed by atoms with E-state index in [1.54, 1.807) is 0 Å². The normalized spacial score (nSPS) is 50.9. The molecular formula is C20H34O3. The van der Waals surface area contributed by atoms with E-state index in [2.05, 4.69) is 0 Å². The highest BCUT2D eigenvalue weighted by molar-refractivity contribution is 4.94. The first kappa shape index (κ1) is 16.4. The van der Waals surface area contributed by atoms with Crippen LogP contribution in [0.3, 0.4) is 0 Å². The molecule has 132 valence electrons. The summed E-state index contributed by atoms with van der Waals surface area (Å²) < 4.78 is 6.75. The van der Waals surface area contributed by atoms with Crippen LogP contribution in [0.15, 0.2) is 0 Å². The van der Waals surface area contributed by atoms with E-state index in [1.807, 2.05) is 0 Å². The van der Waals surface area contributed by atoms with Gasteiger partial charge in [-0.1, -0.05) is 25.7 Å². The van der Waals surface area contributed by atoms with Gasteiger partial charge in [-0.3, -0.25) is 0 Å². The van der Waals surface area contributed by atoms with E-state index in [4.69, 9.17) is 4.74 Å². The predicted octanol–water partition coefficient (Wildman–Crippen LogP) is 3.66. The first-order chi connectivity index (χ1) is 11.2. The highest BCUT2D eigenvalue weighted by Gasteiger charge is 2.45. The molecule has 0 radical (unpaired) electrons. The van der Waals surface area contributed by atoms with Crippen LogP contribution in [0.1, 0.15) is 77.0 Å². The molecule has 0 heterocycles. The third-order valence-corrected chi connectivity index (χ3v) is 7.54. The van der Waals surface area contributed by atoms with Crippen LogP contribution in [0.25, 0.3) is 0 Å². The summed E-state index contributed by atoms with van der Waals surface area (Å²) in [5.41, 5.74) is 0. The first-order valence-corrected chi connectivity index (χ1v) is 10.3. The molecule has 3 nitrogen and oxygen atoms in total. The molecule has 8 unspecified atom stereocenters. The summed E-state index contributed by atoms with van der Waals surface area (Å²) >= 11 is 0. The van der Waals surface area contributed by atoms with Gasteiger partial charge in [-0.15, -0.1) is 0 Å². The number of aliphatic hydroxyl groups excluding tert-OH is 2.